The van der Waals surface area contributed by atoms with Crippen LogP contribution in [0.4, 0.5) is 0 Å². The number of piperidine rings is 1. The summed E-state index contributed by atoms with van der Waals surface area (Å²) in [5.74, 6) is -1.42. The van der Waals surface area contributed by atoms with Gasteiger partial charge >= 0.3 is 5.97 Å². The minimum absolute atomic E-state index is 0.0582. The predicted molar refractivity (Wildman–Crippen MR) is 58.8 cm³/mol. The normalized spacial score (nSPS) is 32.2. The van der Waals surface area contributed by atoms with E-state index in [0.29, 0.717) is 11.8 Å². The van der Waals surface area contributed by atoms with Crippen molar-refractivity contribution < 1.29 is 14.7 Å². The fourth-order valence-electron chi connectivity index (χ4n) is 2.31. The average molecular weight is 225 g/mol. The molecule has 2 rings (SSSR count). The Hall–Kier alpha value is -1.06. The minimum Gasteiger partial charge on any atom is -0.481 e. The molecule has 1 amide bonds. The van der Waals surface area contributed by atoms with E-state index in [-0.39, 0.29) is 11.8 Å². The van der Waals surface area contributed by atoms with E-state index in [4.69, 9.17) is 5.11 Å². The van der Waals surface area contributed by atoms with Crippen molar-refractivity contribution in [3.8, 4) is 0 Å². The molecule has 0 radical (unpaired) electrons. The van der Waals surface area contributed by atoms with Crippen LogP contribution in [0.2, 0.25) is 0 Å². The van der Waals surface area contributed by atoms with E-state index in [1.54, 1.807) is 0 Å². The summed E-state index contributed by atoms with van der Waals surface area (Å²) in [4.78, 5) is 24.5. The number of carbonyl (C=O) groups excluding carboxylic acids is 1. The smallest absolute Gasteiger partial charge is 0.307 e. The molecule has 1 saturated carbocycles. The number of aliphatic carboxylic acids is 1. The van der Waals surface area contributed by atoms with E-state index in [1.807, 2.05) is 4.90 Å². The molecule has 2 fully saturated rings. The third kappa shape index (κ3) is 2.20. The molecule has 16 heavy (non-hydrogen) atoms. The van der Waals surface area contributed by atoms with E-state index in [2.05, 4.69) is 13.8 Å². The highest BCUT2D eigenvalue weighted by Gasteiger charge is 2.50. The zero-order valence-corrected chi connectivity index (χ0v) is 9.90. The molecule has 0 spiro atoms. The Morgan fingerprint density at radius 3 is 2.19 bits per heavy atom. The topological polar surface area (TPSA) is 57.6 Å². The van der Waals surface area contributed by atoms with Crippen LogP contribution in [0.1, 0.15) is 33.1 Å². The summed E-state index contributed by atoms with van der Waals surface area (Å²) < 4.78 is 0. The maximum absolute atomic E-state index is 11.9. The number of hydrogen-bond donors (Lipinski definition) is 1. The lowest BCUT2D eigenvalue weighted by molar-refractivity contribution is -0.142. The standard InChI is InChI=1S/C12H19NO3/c1-12(2)3-5-13(6-4-12)10(14)8-7-9(8)11(15)16/h8-9H,3-7H2,1-2H3,(H,15,16)/t8-,9+/m1/s1. The van der Waals surface area contributed by atoms with Crippen LogP contribution < -0.4 is 0 Å². The molecule has 1 aliphatic carbocycles. The molecular formula is C12H19NO3. The fraction of sp³-hybridized carbons (Fsp3) is 0.833. The maximum atomic E-state index is 11.9. The first-order valence-corrected chi connectivity index (χ1v) is 5.92. The lowest BCUT2D eigenvalue weighted by Gasteiger charge is -2.37. The zero-order valence-electron chi connectivity index (χ0n) is 9.90. The molecule has 0 aromatic rings. The summed E-state index contributed by atoms with van der Waals surface area (Å²) in [5.41, 5.74) is 0.326. The number of hydrogen-bond acceptors (Lipinski definition) is 2. The van der Waals surface area contributed by atoms with Crippen LogP contribution in [-0.4, -0.2) is 35.0 Å². The largest absolute Gasteiger partial charge is 0.481 e. The van der Waals surface area contributed by atoms with Gasteiger partial charge in [0.1, 0.15) is 0 Å². The van der Waals surface area contributed by atoms with Crippen LogP contribution in [0.25, 0.3) is 0 Å². The van der Waals surface area contributed by atoms with Crippen LogP contribution in [0.3, 0.4) is 0 Å². The molecule has 1 heterocycles. The van der Waals surface area contributed by atoms with Gasteiger partial charge in [0.25, 0.3) is 0 Å². The zero-order chi connectivity index (χ0) is 11.9. The van der Waals surface area contributed by atoms with Gasteiger partial charge in [-0.05, 0) is 24.7 Å². The van der Waals surface area contributed by atoms with Gasteiger partial charge in [0.2, 0.25) is 5.91 Å². The Kier molecular flexibility index (Phi) is 2.68. The number of carboxylic acid groups (broad SMARTS) is 1. The van der Waals surface area contributed by atoms with Crippen molar-refractivity contribution in [2.24, 2.45) is 17.3 Å². The van der Waals surface area contributed by atoms with Crippen molar-refractivity contribution >= 4 is 11.9 Å². The van der Waals surface area contributed by atoms with Crippen molar-refractivity contribution in [1.29, 1.82) is 0 Å². The van der Waals surface area contributed by atoms with Crippen molar-refractivity contribution in [2.75, 3.05) is 13.1 Å². The van der Waals surface area contributed by atoms with Gasteiger partial charge < -0.3 is 10.0 Å². The van der Waals surface area contributed by atoms with E-state index in [1.165, 1.54) is 0 Å². The fourth-order valence-corrected chi connectivity index (χ4v) is 2.31. The third-order valence-electron chi connectivity index (χ3n) is 3.85. The molecule has 90 valence electrons. The summed E-state index contributed by atoms with van der Waals surface area (Å²) in [6.07, 6.45) is 2.57. The SMILES string of the molecule is CC1(C)CCN(C(=O)[C@@H]2C[C@@H]2C(=O)O)CC1. The van der Waals surface area contributed by atoms with Crippen LogP contribution >= 0.6 is 0 Å². The molecule has 2 atom stereocenters. The van der Waals surface area contributed by atoms with Crippen LogP contribution in [0.5, 0.6) is 0 Å². The van der Waals surface area contributed by atoms with Crippen molar-refractivity contribution in [3.63, 3.8) is 0 Å². The van der Waals surface area contributed by atoms with Crippen LogP contribution in [0, 0.1) is 17.3 Å². The highest BCUT2D eigenvalue weighted by atomic mass is 16.4. The summed E-state index contributed by atoms with van der Waals surface area (Å²) in [6.45, 7) is 6.00. The van der Waals surface area contributed by atoms with Gasteiger partial charge in [-0.15, -0.1) is 0 Å². The Balaban J connectivity index is 1.86. The van der Waals surface area contributed by atoms with Crippen molar-refractivity contribution in [3.05, 3.63) is 0 Å². The molecule has 2 aliphatic rings. The summed E-state index contributed by atoms with van der Waals surface area (Å²) in [6, 6.07) is 0. The molecule has 0 aromatic heterocycles. The first-order valence-electron chi connectivity index (χ1n) is 5.92. The molecule has 0 unspecified atom stereocenters. The number of amides is 1. The van der Waals surface area contributed by atoms with E-state index >= 15 is 0 Å². The Labute approximate surface area is 95.6 Å². The molecule has 0 bridgehead atoms. The van der Waals surface area contributed by atoms with Crippen LogP contribution in [0.15, 0.2) is 0 Å². The molecule has 1 saturated heterocycles. The number of carbonyl (C=O) groups is 2. The first kappa shape index (κ1) is 11.4. The van der Waals surface area contributed by atoms with Gasteiger partial charge in [0.15, 0.2) is 0 Å². The molecule has 0 aromatic carbocycles. The lowest BCUT2D eigenvalue weighted by atomic mass is 9.82. The Bertz CT molecular complexity index is 314. The van der Waals surface area contributed by atoms with Gasteiger partial charge in [-0.25, -0.2) is 0 Å². The first-order chi connectivity index (χ1) is 7.41. The van der Waals surface area contributed by atoms with Gasteiger partial charge in [-0.2, -0.15) is 0 Å². The lowest BCUT2D eigenvalue weighted by Crippen LogP contribution is -2.42. The predicted octanol–water partition coefficient (Wildman–Crippen LogP) is 1.36. The summed E-state index contributed by atoms with van der Waals surface area (Å²) in [7, 11) is 0. The number of likely N-dealkylation sites (tertiary alicyclic amines) is 1. The van der Waals surface area contributed by atoms with E-state index < -0.39 is 11.9 Å². The maximum Gasteiger partial charge on any atom is 0.307 e. The molecule has 4 heteroatoms. The monoisotopic (exact) mass is 225 g/mol. The Morgan fingerprint density at radius 2 is 1.75 bits per heavy atom. The molecule has 1 N–H and O–H groups in total. The van der Waals surface area contributed by atoms with E-state index in [0.717, 1.165) is 25.9 Å². The second-order valence-electron chi connectivity index (χ2n) is 5.78. The number of carboxylic acids is 1. The molecule has 1 aliphatic heterocycles. The number of nitrogens with zero attached hydrogens (tertiary/aromatic N) is 1. The van der Waals surface area contributed by atoms with Gasteiger partial charge in [0, 0.05) is 13.1 Å². The second-order valence-corrected chi connectivity index (χ2v) is 5.78. The van der Waals surface area contributed by atoms with Gasteiger partial charge in [-0.3, -0.25) is 9.59 Å². The molecular weight excluding hydrogens is 206 g/mol. The Morgan fingerprint density at radius 1 is 1.19 bits per heavy atom. The molecule has 4 nitrogen and oxygen atoms in total. The van der Waals surface area contributed by atoms with Crippen molar-refractivity contribution in [1.82, 2.24) is 4.90 Å². The highest BCUT2D eigenvalue weighted by molar-refractivity contribution is 5.89. The van der Waals surface area contributed by atoms with E-state index in [9.17, 15) is 9.59 Å². The summed E-state index contributed by atoms with van der Waals surface area (Å²) in [5, 5.41) is 8.78. The number of rotatable bonds is 2. The third-order valence-corrected chi connectivity index (χ3v) is 3.85. The van der Waals surface area contributed by atoms with Crippen molar-refractivity contribution in [2.45, 2.75) is 33.1 Å². The quantitative estimate of drug-likeness (QED) is 0.772. The minimum atomic E-state index is -0.823. The van der Waals surface area contributed by atoms with Gasteiger partial charge in [-0.1, -0.05) is 13.8 Å². The second kappa shape index (κ2) is 3.75. The highest BCUT2D eigenvalue weighted by Crippen LogP contribution is 2.41. The average Bonchev–Trinajstić information content (AvgIpc) is 2.96. The summed E-state index contributed by atoms with van der Waals surface area (Å²) >= 11 is 0. The van der Waals surface area contributed by atoms with Gasteiger partial charge in [0.05, 0.1) is 11.8 Å². The van der Waals surface area contributed by atoms with Crippen LogP contribution in [-0.2, 0) is 9.59 Å².